The van der Waals surface area contributed by atoms with E-state index in [2.05, 4.69) is 10.3 Å². The first-order valence-corrected chi connectivity index (χ1v) is 5.83. The zero-order chi connectivity index (χ0) is 12.4. The molecule has 0 aliphatic carbocycles. The highest BCUT2D eigenvalue weighted by atomic mass is 32.1. The van der Waals surface area contributed by atoms with Gasteiger partial charge in [-0.15, -0.1) is 11.3 Å². The van der Waals surface area contributed by atoms with Crippen LogP contribution in [0.15, 0.2) is 23.7 Å². The third-order valence-corrected chi connectivity index (χ3v) is 3.10. The fourth-order valence-electron chi connectivity index (χ4n) is 1.34. The lowest BCUT2D eigenvalue weighted by Crippen LogP contribution is -2.38. The molecule has 2 N–H and O–H groups in total. The Morgan fingerprint density at radius 2 is 2.24 bits per heavy atom. The average molecular weight is 250 g/mol. The van der Waals surface area contributed by atoms with Crippen molar-refractivity contribution in [2.45, 2.75) is 13.0 Å². The number of fused-ring (bicyclic) bond motifs is 1. The van der Waals surface area contributed by atoms with Crippen LogP contribution in [-0.4, -0.2) is 28.0 Å². The number of carboxylic acids is 1. The summed E-state index contributed by atoms with van der Waals surface area (Å²) >= 11 is 1.44. The number of amides is 1. The van der Waals surface area contributed by atoms with Crippen LogP contribution in [0.1, 0.15) is 17.3 Å². The molecule has 0 radical (unpaired) electrons. The SMILES string of the molecule is C[C@H](NC(=O)c1ccc2ncsc2c1)C(=O)O. The van der Waals surface area contributed by atoms with Crippen molar-refractivity contribution >= 4 is 33.4 Å². The first kappa shape index (κ1) is 11.5. The summed E-state index contributed by atoms with van der Waals surface area (Å²) in [5.41, 5.74) is 2.97. The smallest absolute Gasteiger partial charge is 0.325 e. The summed E-state index contributed by atoms with van der Waals surface area (Å²) in [4.78, 5) is 26.5. The van der Waals surface area contributed by atoms with E-state index in [9.17, 15) is 9.59 Å². The van der Waals surface area contributed by atoms with Crippen LogP contribution in [-0.2, 0) is 4.79 Å². The van der Waals surface area contributed by atoms with E-state index in [1.807, 2.05) is 0 Å². The van der Waals surface area contributed by atoms with Gasteiger partial charge in [0.05, 0.1) is 15.7 Å². The van der Waals surface area contributed by atoms with E-state index in [-0.39, 0.29) is 0 Å². The van der Waals surface area contributed by atoms with Gasteiger partial charge in [-0.2, -0.15) is 0 Å². The van der Waals surface area contributed by atoms with Gasteiger partial charge in [-0.05, 0) is 25.1 Å². The highest BCUT2D eigenvalue weighted by Gasteiger charge is 2.15. The van der Waals surface area contributed by atoms with Crippen LogP contribution in [0.4, 0.5) is 0 Å². The molecule has 0 bridgehead atoms. The second-order valence-electron chi connectivity index (χ2n) is 3.57. The Morgan fingerprint density at radius 1 is 1.47 bits per heavy atom. The van der Waals surface area contributed by atoms with Gasteiger partial charge in [-0.3, -0.25) is 9.59 Å². The van der Waals surface area contributed by atoms with E-state index >= 15 is 0 Å². The van der Waals surface area contributed by atoms with Crippen molar-refractivity contribution in [3.63, 3.8) is 0 Å². The van der Waals surface area contributed by atoms with Crippen LogP contribution >= 0.6 is 11.3 Å². The quantitative estimate of drug-likeness (QED) is 0.865. The lowest BCUT2D eigenvalue weighted by molar-refractivity contribution is -0.138. The first-order valence-electron chi connectivity index (χ1n) is 4.95. The van der Waals surface area contributed by atoms with Gasteiger partial charge in [0.25, 0.3) is 5.91 Å². The maximum atomic E-state index is 11.7. The molecule has 0 spiro atoms. The van der Waals surface area contributed by atoms with Crippen molar-refractivity contribution in [1.82, 2.24) is 10.3 Å². The minimum Gasteiger partial charge on any atom is -0.480 e. The molecule has 1 atom stereocenters. The largest absolute Gasteiger partial charge is 0.480 e. The number of hydrogen-bond acceptors (Lipinski definition) is 4. The third kappa shape index (κ3) is 2.42. The molecule has 0 fully saturated rings. The van der Waals surface area contributed by atoms with Crippen molar-refractivity contribution in [3.05, 3.63) is 29.3 Å². The van der Waals surface area contributed by atoms with Gasteiger partial charge in [0, 0.05) is 5.56 Å². The summed E-state index contributed by atoms with van der Waals surface area (Å²) < 4.78 is 0.903. The second kappa shape index (κ2) is 4.50. The molecule has 88 valence electrons. The van der Waals surface area contributed by atoms with E-state index in [0.29, 0.717) is 5.56 Å². The lowest BCUT2D eigenvalue weighted by Gasteiger charge is -2.08. The minimum absolute atomic E-state index is 0.393. The number of aliphatic carboxylic acids is 1. The topological polar surface area (TPSA) is 79.3 Å². The molecule has 5 nitrogen and oxygen atoms in total. The summed E-state index contributed by atoms with van der Waals surface area (Å²) in [5.74, 6) is -1.45. The Hall–Kier alpha value is -1.95. The highest BCUT2D eigenvalue weighted by molar-refractivity contribution is 7.16. The van der Waals surface area contributed by atoms with Crippen molar-refractivity contribution in [3.8, 4) is 0 Å². The average Bonchev–Trinajstić information content (AvgIpc) is 2.75. The fraction of sp³-hybridized carbons (Fsp3) is 0.182. The maximum absolute atomic E-state index is 11.7. The second-order valence-corrected chi connectivity index (χ2v) is 4.45. The van der Waals surface area contributed by atoms with Crippen LogP contribution in [0.2, 0.25) is 0 Å². The number of carboxylic acid groups (broad SMARTS) is 1. The Balaban J connectivity index is 2.21. The van der Waals surface area contributed by atoms with Crippen LogP contribution in [0.25, 0.3) is 10.2 Å². The number of nitrogens with one attached hydrogen (secondary N) is 1. The molecule has 0 unspecified atom stereocenters. The number of carbonyl (C=O) groups is 2. The molecule has 6 heteroatoms. The lowest BCUT2D eigenvalue weighted by atomic mass is 10.2. The zero-order valence-corrected chi connectivity index (χ0v) is 9.82. The Morgan fingerprint density at radius 3 is 2.94 bits per heavy atom. The van der Waals surface area contributed by atoms with Gasteiger partial charge in [-0.25, -0.2) is 4.98 Å². The fourth-order valence-corrected chi connectivity index (χ4v) is 2.05. The summed E-state index contributed by atoms with van der Waals surface area (Å²) in [6, 6.07) is 4.18. The van der Waals surface area contributed by atoms with E-state index < -0.39 is 17.9 Å². The van der Waals surface area contributed by atoms with Crippen molar-refractivity contribution < 1.29 is 14.7 Å². The number of aromatic nitrogens is 1. The van der Waals surface area contributed by atoms with Crippen LogP contribution in [0, 0.1) is 0 Å². The Labute approximate surface area is 101 Å². The van der Waals surface area contributed by atoms with Crippen molar-refractivity contribution in [1.29, 1.82) is 0 Å². The van der Waals surface area contributed by atoms with Crippen LogP contribution in [0.5, 0.6) is 0 Å². The van der Waals surface area contributed by atoms with Gasteiger partial charge in [0.1, 0.15) is 6.04 Å². The van der Waals surface area contributed by atoms with Crippen molar-refractivity contribution in [2.24, 2.45) is 0 Å². The van der Waals surface area contributed by atoms with E-state index in [0.717, 1.165) is 10.2 Å². The van der Waals surface area contributed by atoms with E-state index in [4.69, 9.17) is 5.11 Å². The summed E-state index contributed by atoms with van der Waals surface area (Å²) in [6.45, 7) is 1.42. The molecular formula is C11H10N2O3S. The van der Waals surface area contributed by atoms with Gasteiger partial charge in [0.15, 0.2) is 0 Å². The summed E-state index contributed by atoms with van der Waals surface area (Å²) in [6.07, 6.45) is 0. The molecule has 1 aromatic heterocycles. The molecule has 2 aromatic rings. The van der Waals surface area contributed by atoms with Crippen molar-refractivity contribution in [2.75, 3.05) is 0 Å². The zero-order valence-electron chi connectivity index (χ0n) is 9.01. The minimum atomic E-state index is -1.06. The third-order valence-electron chi connectivity index (χ3n) is 2.31. The maximum Gasteiger partial charge on any atom is 0.325 e. The molecule has 2 rings (SSSR count). The predicted octanol–water partition coefficient (Wildman–Crippen LogP) is 1.50. The molecule has 1 heterocycles. The molecule has 1 aromatic carbocycles. The predicted molar refractivity (Wildman–Crippen MR) is 64.2 cm³/mol. The number of benzene rings is 1. The number of thiazole rings is 1. The summed E-state index contributed by atoms with van der Waals surface area (Å²) in [7, 11) is 0. The molecule has 0 saturated heterocycles. The Kier molecular flexibility index (Phi) is 3.06. The standard InChI is InChI=1S/C11H10N2O3S/c1-6(11(15)16)13-10(14)7-2-3-8-9(4-7)17-5-12-8/h2-6H,1H3,(H,13,14)(H,15,16)/t6-/m0/s1. The number of hydrogen-bond donors (Lipinski definition) is 2. The van der Waals surface area contributed by atoms with E-state index in [1.165, 1.54) is 18.3 Å². The molecule has 0 saturated carbocycles. The molecule has 17 heavy (non-hydrogen) atoms. The normalized spacial score (nSPS) is 12.3. The monoisotopic (exact) mass is 250 g/mol. The molecule has 0 aliphatic rings. The number of rotatable bonds is 3. The van der Waals surface area contributed by atoms with Crippen LogP contribution < -0.4 is 5.32 Å². The van der Waals surface area contributed by atoms with Gasteiger partial charge >= 0.3 is 5.97 Å². The number of nitrogens with zero attached hydrogens (tertiary/aromatic N) is 1. The Bertz CT molecular complexity index is 579. The van der Waals surface area contributed by atoms with Crippen LogP contribution in [0.3, 0.4) is 0 Å². The van der Waals surface area contributed by atoms with Gasteiger partial charge in [-0.1, -0.05) is 0 Å². The highest BCUT2D eigenvalue weighted by Crippen LogP contribution is 2.18. The summed E-state index contributed by atoms with van der Waals surface area (Å²) in [5, 5.41) is 11.1. The molecule has 0 aliphatic heterocycles. The number of carbonyl (C=O) groups excluding carboxylic acids is 1. The van der Waals surface area contributed by atoms with Gasteiger partial charge < -0.3 is 10.4 Å². The molecule has 1 amide bonds. The molecular weight excluding hydrogens is 240 g/mol. The first-order chi connectivity index (χ1) is 8.08. The van der Waals surface area contributed by atoms with Gasteiger partial charge in [0.2, 0.25) is 0 Å². The van der Waals surface area contributed by atoms with E-state index in [1.54, 1.807) is 23.7 Å².